The average molecular weight is 286 g/mol. The standard InChI is InChI=1S/C15H18N4O2/c1-10(2)19-7-6-12(18-19)15(13(20)21,11-4-5-11)14(3,8-16)9-17/h6-7,10-11H,4-5H2,1-3H3,(H,20,21). The van der Waals surface area contributed by atoms with Crippen molar-refractivity contribution in [3.8, 4) is 12.1 Å². The van der Waals surface area contributed by atoms with E-state index >= 15 is 0 Å². The maximum atomic E-state index is 12.1. The third-order valence-corrected chi connectivity index (χ3v) is 4.30. The lowest BCUT2D eigenvalue weighted by atomic mass is 9.61. The van der Waals surface area contributed by atoms with Gasteiger partial charge < -0.3 is 5.11 Å². The third-order valence-electron chi connectivity index (χ3n) is 4.30. The Balaban J connectivity index is 2.69. The predicted octanol–water partition coefficient (Wildman–Crippen LogP) is 2.25. The van der Waals surface area contributed by atoms with Crippen molar-refractivity contribution in [3.05, 3.63) is 18.0 Å². The first kappa shape index (κ1) is 15.1. The first-order chi connectivity index (χ1) is 9.83. The molecule has 0 aromatic carbocycles. The summed E-state index contributed by atoms with van der Waals surface area (Å²) in [5.41, 5.74) is -2.93. The summed E-state index contributed by atoms with van der Waals surface area (Å²) < 4.78 is 1.66. The normalized spacial score (nSPS) is 17.8. The van der Waals surface area contributed by atoms with E-state index in [4.69, 9.17) is 0 Å². The van der Waals surface area contributed by atoms with Crippen LogP contribution in [0.3, 0.4) is 0 Å². The van der Waals surface area contributed by atoms with E-state index in [-0.39, 0.29) is 12.0 Å². The van der Waals surface area contributed by atoms with Gasteiger partial charge >= 0.3 is 5.97 Å². The zero-order valence-electron chi connectivity index (χ0n) is 12.4. The van der Waals surface area contributed by atoms with E-state index in [1.54, 1.807) is 16.9 Å². The number of nitriles is 2. The molecule has 1 aliphatic rings. The van der Waals surface area contributed by atoms with Crippen molar-refractivity contribution >= 4 is 5.97 Å². The summed E-state index contributed by atoms with van der Waals surface area (Å²) in [6, 6.07) is 5.54. The van der Waals surface area contributed by atoms with E-state index in [1.807, 2.05) is 26.0 Å². The fourth-order valence-corrected chi connectivity index (χ4v) is 2.93. The first-order valence-electron chi connectivity index (χ1n) is 6.95. The predicted molar refractivity (Wildman–Crippen MR) is 74.0 cm³/mol. The maximum absolute atomic E-state index is 12.1. The number of nitrogens with zero attached hydrogens (tertiary/aromatic N) is 4. The Morgan fingerprint density at radius 1 is 1.48 bits per heavy atom. The molecular weight excluding hydrogens is 268 g/mol. The minimum Gasteiger partial charge on any atom is -0.480 e. The van der Waals surface area contributed by atoms with Gasteiger partial charge in [-0.05, 0) is 45.6 Å². The molecule has 0 radical (unpaired) electrons. The van der Waals surface area contributed by atoms with Crippen molar-refractivity contribution in [1.29, 1.82) is 10.5 Å². The second-order valence-corrected chi connectivity index (χ2v) is 6.01. The Morgan fingerprint density at radius 2 is 2.05 bits per heavy atom. The molecule has 6 nitrogen and oxygen atoms in total. The van der Waals surface area contributed by atoms with Crippen molar-refractivity contribution < 1.29 is 9.90 Å². The summed E-state index contributed by atoms with van der Waals surface area (Å²) in [5, 5.41) is 33.1. The van der Waals surface area contributed by atoms with Crippen molar-refractivity contribution in [2.24, 2.45) is 11.3 Å². The quantitative estimate of drug-likeness (QED) is 0.894. The molecule has 1 aliphatic carbocycles. The summed E-state index contributed by atoms with van der Waals surface area (Å²) in [6.45, 7) is 5.27. The second kappa shape index (κ2) is 4.89. The van der Waals surface area contributed by atoms with Crippen LogP contribution in [0, 0.1) is 34.0 Å². The third kappa shape index (κ3) is 1.99. The molecule has 1 aromatic rings. The van der Waals surface area contributed by atoms with Gasteiger partial charge in [-0.1, -0.05) is 0 Å². The van der Waals surface area contributed by atoms with Gasteiger partial charge in [0, 0.05) is 12.2 Å². The van der Waals surface area contributed by atoms with Crippen molar-refractivity contribution in [3.63, 3.8) is 0 Å². The van der Waals surface area contributed by atoms with Crippen LogP contribution in [0.2, 0.25) is 0 Å². The van der Waals surface area contributed by atoms with E-state index in [0.29, 0.717) is 18.5 Å². The molecule has 0 spiro atoms. The minimum absolute atomic E-state index is 0.0832. The number of aliphatic carboxylic acids is 1. The number of carboxylic acids is 1. The van der Waals surface area contributed by atoms with Crippen LogP contribution in [0.1, 0.15) is 45.3 Å². The van der Waals surface area contributed by atoms with Gasteiger partial charge in [-0.25, -0.2) is 0 Å². The molecule has 2 rings (SSSR count). The zero-order valence-corrected chi connectivity index (χ0v) is 12.4. The van der Waals surface area contributed by atoms with Gasteiger partial charge in [0.1, 0.15) is 5.41 Å². The zero-order chi connectivity index (χ0) is 15.8. The van der Waals surface area contributed by atoms with Crippen LogP contribution >= 0.6 is 0 Å². The van der Waals surface area contributed by atoms with Crippen molar-refractivity contribution in [2.75, 3.05) is 0 Å². The lowest BCUT2D eigenvalue weighted by molar-refractivity contribution is -0.148. The summed E-state index contributed by atoms with van der Waals surface area (Å²) in [4.78, 5) is 12.1. The molecule has 1 aromatic heterocycles. The fraction of sp³-hybridized carbons (Fsp3) is 0.600. The lowest BCUT2D eigenvalue weighted by Crippen LogP contribution is -2.51. The van der Waals surface area contributed by atoms with E-state index in [0.717, 1.165) is 0 Å². The van der Waals surface area contributed by atoms with E-state index in [2.05, 4.69) is 5.10 Å². The van der Waals surface area contributed by atoms with Crippen LogP contribution in [0.5, 0.6) is 0 Å². The van der Waals surface area contributed by atoms with Gasteiger partial charge in [0.15, 0.2) is 5.41 Å². The summed E-state index contributed by atoms with van der Waals surface area (Å²) in [6.07, 6.45) is 3.09. The van der Waals surface area contributed by atoms with E-state index in [1.165, 1.54) is 6.92 Å². The molecular formula is C15H18N4O2. The van der Waals surface area contributed by atoms with Crippen LogP contribution in [-0.2, 0) is 10.2 Å². The fourth-order valence-electron chi connectivity index (χ4n) is 2.93. The van der Waals surface area contributed by atoms with Gasteiger partial charge in [0.05, 0.1) is 17.8 Å². The molecule has 1 atom stereocenters. The Labute approximate surface area is 123 Å². The van der Waals surface area contributed by atoms with E-state index < -0.39 is 16.8 Å². The van der Waals surface area contributed by atoms with E-state index in [9.17, 15) is 20.4 Å². The van der Waals surface area contributed by atoms with Crippen LogP contribution in [0.15, 0.2) is 12.3 Å². The first-order valence-corrected chi connectivity index (χ1v) is 6.95. The number of aromatic nitrogens is 2. The summed E-state index contributed by atoms with van der Waals surface area (Å²) in [5.74, 6) is -1.38. The number of rotatable bonds is 5. The monoisotopic (exact) mass is 286 g/mol. The highest BCUT2D eigenvalue weighted by Gasteiger charge is 2.65. The smallest absolute Gasteiger partial charge is 0.318 e. The molecule has 0 aliphatic heterocycles. The Morgan fingerprint density at radius 3 is 2.38 bits per heavy atom. The van der Waals surface area contributed by atoms with Crippen LogP contribution in [0.25, 0.3) is 0 Å². The number of hydrogen-bond acceptors (Lipinski definition) is 4. The molecule has 0 saturated heterocycles. The molecule has 1 unspecified atom stereocenters. The molecule has 1 N–H and O–H groups in total. The highest BCUT2D eigenvalue weighted by Crippen LogP contribution is 2.56. The average Bonchev–Trinajstić information content (AvgIpc) is 3.15. The van der Waals surface area contributed by atoms with Crippen molar-refractivity contribution in [2.45, 2.75) is 45.1 Å². The molecule has 6 heteroatoms. The van der Waals surface area contributed by atoms with Crippen LogP contribution < -0.4 is 0 Å². The summed E-state index contributed by atoms with van der Waals surface area (Å²) in [7, 11) is 0. The van der Waals surface area contributed by atoms with Gasteiger partial charge in [-0.2, -0.15) is 15.6 Å². The lowest BCUT2D eigenvalue weighted by Gasteiger charge is -2.35. The highest BCUT2D eigenvalue weighted by molar-refractivity contribution is 5.84. The Hall–Kier alpha value is -2.34. The molecule has 1 heterocycles. The van der Waals surface area contributed by atoms with Crippen LogP contribution in [0.4, 0.5) is 0 Å². The molecule has 1 saturated carbocycles. The largest absolute Gasteiger partial charge is 0.480 e. The van der Waals surface area contributed by atoms with Crippen LogP contribution in [-0.4, -0.2) is 20.9 Å². The SMILES string of the molecule is CC(C)n1ccc(C(C(=O)O)(C2CC2)C(C)(C#N)C#N)n1. The second-order valence-electron chi connectivity index (χ2n) is 6.01. The molecule has 0 bridgehead atoms. The molecule has 110 valence electrons. The van der Waals surface area contributed by atoms with Gasteiger partial charge in [-0.15, -0.1) is 0 Å². The number of carbonyl (C=O) groups is 1. The van der Waals surface area contributed by atoms with Crippen molar-refractivity contribution in [1.82, 2.24) is 9.78 Å². The topological polar surface area (TPSA) is 103 Å². The minimum atomic E-state index is -1.66. The Kier molecular flexibility index (Phi) is 3.51. The number of hydrogen-bond donors (Lipinski definition) is 1. The Bertz CT molecular complexity index is 631. The molecule has 21 heavy (non-hydrogen) atoms. The highest BCUT2D eigenvalue weighted by atomic mass is 16.4. The molecule has 0 amide bonds. The van der Waals surface area contributed by atoms with Gasteiger partial charge in [0.25, 0.3) is 0 Å². The maximum Gasteiger partial charge on any atom is 0.318 e. The molecule has 1 fully saturated rings. The van der Waals surface area contributed by atoms with Gasteiger partial charge in [-0.3, -0.25) is 9.48 Å². The summed E-state index contributed by atoms with van der Waals surface area (Å²) >= 11 is 0. The van der Waals surface area contributed by atoms with Gasteiger partial charge in [0.2, 0.25) is 0 Å². The number of carboxylic acid groups (broad SMARTS) is 1.